The van der Waals surface area contributed by atoms with Crippen LogP contribution in [0.5, 0.6) is 11.5 Å². The highest BCUT2D eigenvalue weighted by Crippen LogP contribution is 2.46. The molecule has 0 aliphatic carbocycles. The normalized spacial score (nSPS) is 18.5. The molecule has 0 radical (unpaired) electrons. The molecule has 1 aliphatic rings. The van der Waals surface area contributed by atoms with E-state index in [0.29, 0.717) is 0 Å². The molecule has 1 atom stereocenters. The Labute approximate surface area is 152 Å². The van der Waals surface area contributed by atoms with Gasteiger partial charge in [-0.3, -0.25) is 5.32 Å². The monoisotopic (exact) mass is 386 g/mol. The van der Waals surface area contributed by atoms with Crippen molar-refractivity contribution in [2.75, 3.05) is 7.05 Å². The van der Waals surface area contributed by atoms with Crippen molar-refractivity contribution in [3.8, 4) is 11.5 Å². The lowest BCUT2D eigenvalue weighted by molar-refractivity contribution is -0.318. The lowest BCUT2D eigenvalue weighted by atomic mass is 10.2. The summed E-state index contributed by atoms with van der Waals surface area (Å²) in [5.74, 6) is -3.69. The predicted molar refractivity (Wildman–Crippen MR) is 87.9 cm³/mol. The van der Waals surface area contributed by atoms with E-state index in [9.17, 15) is 18.0 Å². The first-order valence-electron chi connectivity index (χ1n) is 7.52. The maximum absolute atomic E-state index is 13.6. The Morgan fingerprint density at radius 1 is 1.15 bits per heavy atom. The molecule has 1 heterocycles. The minimum Gasteiger partial charge on any atom is -0.424 e. The Morgan fingerprint density at radius 2 is 1.81 bits per heavy atom. The summed E-state index contributed by atoms with van der Waals surface area (Å²) >= 11 is 5.76. The van der Waals surface area contributed by atoms with Gasteiger partial charge in [-0.25, -0.2) is 4.79 Å². The molecule has 2 aromatic carbocycles. The molecule has 0 saturated carbocycles. The third-order valence-corrected chi connectivity index (χ3v) is 3.90. The van der Waals surface area contributed by atoms with Crippen LogP contribution in [-0.2, 0) is 6.54 Å². The molecular formula is C17H14ClF3N2O3. The average molecular weight is 387 g/mol. The van der Waals surface area contributed by atoms with Gasteiger partial charge in [-0.05, 0) is 17.7 Å². The fraction of sp³-hybridized carbons (Fsp3) is 0.235. The second kappa shape index (κ2) is 6.60. The number of ether oxygens (including phenoxy) is 2. The van der Waals surface area contributed by atoms with Gasteiger partial charge in [0.1, 0.15) is 0 Å². The third-order valence-electron chi connectivity index (χ3n) is 3.67. The third kappa shape index (κ3) is 3.50. The number of halogens is 4. The molecule has 1 N–H and O–H groups in total. The molecule has 2 aromatic rings. The number of benzene rings is 2. The molecule has 0 aromatic heterocycles. The van der Waals surface area contributed by atoms with Crippen LogP contribution in [-0.4, -0.2) is 30.1 Å². The van der Waals surface area contributed by atoms with Crippen molar-refractivity contribution < 1.29 is 27.4 Å². The van der Waals surface area contributed by atoms with Crippen molar-refractivity contribution in [3.63, 3.8) is 0 Å². The number of hydrogen-bond acceptors (Lipinski definition) is 3. The lowest BCUT2D eigenvalue weighted by Gasteiger charge is -2.31. The fourth-order valence-corrected chi connectivity index (χ4v) is 2.54. The molecule has 0 bridgehead atoms. The van der Waals surface area contributed by atoms with Gasteiger partial charge in [0.15, 0.2) is 11.5 Å². The molecule has 5 nitrogen and oxygen atoms in total. The lowest BCUT2D eigenvalue weighted by Crippen LogP contribution is -2.66. The van der Waals surface area contributed by atoms with Crippen molar-refractivity contribution in [1.29, 1.82) is 0 Å². The van der Waals surface area contributed by atoms with E-state index in [-0.39, 0.29) is 23.1 Å². The summed E-state index contributed by atoms with van der Waals surface area (Å²) in [5.41, 5.74) is 0.759. The van der Waals surface area contributed by atoms with Crippen LogP contribution in [0.3, 0.4) is 0 Å². The zero-order valence-electron chi connectivity index (χ0n) is 13.5. The second-order valence-electron chi connectivity index (χ2n) is 5.68. The number of carbonyl (C=O) groups is 1. The fourth-order valence-electron chi connectivity index (χ4n) is 2.38. The molecule has 1 aliphatic heterocycles. The Balaban J connectivity index is 1.79. The zero-order valence-corrected chi connectivity index (χ0v) is 14.3. The Hall–Kier alpha value is -2.61. The van der Waals surface area contributed by atoms with Gasteiger partial charge in [-0.15, -0.1) is 0 Å². The van der Waals surface area contributed by atoms with Crippen LogP contribution in [0.4, 0.5) is 18.0 Å². The number of nitrogens with zero attached hydrogens (tertiary/aromatic N) is 1. The van der Waals surface area contributed by atoms with E-state index in [4.69, 9.17) is 21.1 Å². The maximum Gasteiger partial charge on any atom is 0.492 e. The number of amides is 2. The van der Waals surface area contributed by atoms with Crippen LogP contribution in [0.25, 0.3) is 0 Å². The first-order chi connectivity index (χ1) is 12.2. The van der Waals surface area contributed by atoms with E-state index in [1.54, 1.807) is 35.6 Å². The van der Waals surface area contributed by atoms with E-state index in [0.717, 1.165) is 10.5 Å². The molecular weight excluding hydrogens is 373 g/mol. The number of fused-ring (bicyclic) bond motifs is 1. The van der Waals surface area contributed by atoms with E-state index >= 15 is 0 Å². The topological polar surface area (TPSA) is 50.8 Å². The van der Waals surface area contributed by atoms with E-state index < -0.39 is 18.1 Å². The highest BCUT2D eigenvalue weighted by molar-refractivity contribution is 6.30. The van der Waals surface area contributed by atoms with E-state index in [1.165, 1.54) is 25.2 Å². The van der Waals surface area contributed by atoms with Crippen molar-refractivity contribution in [2.45, 2.75) is 18.6 Å². The molecule has 9 heteroatoms. The SMILES string of the molecule is CN(Cc1ccccc1)C(=O)N[C@@]1(C(F)(F)F)Oc2ccc(Cl)cc2O1. The summed E-state index contributed by atoms with van der Waals surface area (Å²) in [6, 6.07) is 11.6. The van der Waals surface area contributed by atoms with Crippen LogP contribution < -0.4 is 14.8 Å². The molecule has 2 amide bonds. The van der Waals surface area contributed by atoms with Gasteiger partial charge in [-0.2, -0.15) is 13.2 Å². The number of urea groups is 1. The summed E-state index contributed by atoms with van der Waals surface area (Å²) in [4.78, 5) is 13.4. The van der Waals surface area contributed by atoms with Gasteiger partial charge in [-0.1, -0.05) is 41.9 Å². The maximum atomic E-state index is 13.6. The summed E-state index contributed by atoms with van der Waals surface area (Å²) in [6.45, 7) is 0.111. The quantitative estimate of drug-likeness (QED) is 0.861. The predicted octanol–water partition coefficient (Wildman–Crippen LogP) is 4.17. The first-order valence-corrected chi connectivity index (χ1v) is 7.89. The van der Waals surface area contributed by atoms with Crippen molar-refractivity contribution in [2.24, 2.45) is 0 Å². The summed E-state index contributed by atoms with van der Waals surface area (Å²) in [5, 5.41) is 1.97. The number of hydrogen-bond donors (Lipinski definition) is 1. The molecule has 0 saturated heterocycles. The van der Waals surface area contributed by atoms with Crippen LogP contribution in [0.15, 0.2) is 48.5 Å². The standard InChI is InChI=1S/C17H14ClF3N2O3/c1-23(10-11-5-3-2-4-6-11)15(24)22-17(16(19,20)21)25-13-8-7-12(18)9-14(13)26-17/h2-9H,10H2,1H3,(H,22,24)/t17-/m0/s1. The van der Waals surface area contributed by atoms with Gasteiger partial charge in [0.25, 0.3) is 0 Å². The summed E-state index contributed by atoms with van der Waals surface area (Å²) < 4.78 is 50.7. The van der Waals surface area contributed by atoms with E-state index in [1.807, 2.05) is 0 Å². The van der Waals surface area contributed by atoms with Crippen LogP contribution in [0.1, 0.15) is 5.56 Å². The minimum atomic E-state index is -5.03. The van der Waals surface area contributed by atoms with Crippen molar-refractivity contribution >= 4 is 17.6 Å². The number of carbonyl (C=O) groups excluding carboxylic acids is 1. The molecule has 0 spiro atoms. The zero-order chi connectivity index (χ0) is 18.9. The molecule has 3 rings (SSSR count). The Bertz CT molecular complexity index is 817. The largest absolute Gasteiger partial charge is 0.492 e. The number of alkyl halides is 3. The molecule has 138 valence electrons. The Kier molecular flexibility index (Phi) is 4.62. The van der Waals surface area contributed by atoms with Crippen molar-refractivity contribution in [3.05, 3.63) is 59.1 Å². The number of nitrogens with one attached hydrogen (secondary N) is 1. The van der Waals surface area contributed by atoms with Gasteiger partial charge < -0.3 is 14.4 Å². The first kappa shape index (κ1) is 18.2. The highest BCUT2D eigenvalue weighted by Gasteiger charge is 2.66. The molecule has 0 fully saturated rings. The van der Waals surface area contributed by atoms with Crippen LogP contribution in [0.2, 0.25) is 5.02 Å². The molecule has 26 heavy (non-hydrogen) atoms. The van der Waals surface area contributed by atoms with E-state index in [2.05, 4.69) is 0 Å². The smallest absolute Gasteiger partial charge is 0.424 e. The molecule has 0 unspecified atom stereocenters. The Morgan fingerprint density at radius 3 is 2.46 bits per heavy atom. The summed E-state index contributed by atoms with van der Waals surface area (Å²) in [7, 11) is 1.37. The van der Waals surface area contributed by atoms with Gasteiger partial charge in [0.05, 0.1) is 0 Å². The average Bonchev–Trinajstić information content (AvgIpc) is 2.94. The number of rotatable bonds is 3. The van der Waals surface area contributed by atoms with Crippen LogP contribution in [0, 0.1) is 0 Å². The van der Waals surface area contributed by atoms with Gasteiger partial charge >= 0.3 is 18.1 Å². The van der Waals surface area contributed by atoms with Crippen LogP contribution >= 0.6 is 11.6 Å². The minimum absolute atomic E-state index is 0.111. The van der Waals surface area contributed by atoms with Gasteiger partial charge in [0, 0.05) is 24.7 Å². The summed E-state index contributed by atoms with van der Waals surface area (Å²) in [6.07, 6.45) is -5.03. The van der Waals surface area contributed by atoms with Gasteiger partial charge in [0.2, 0.25) is 0 Å². The second-order valence-corrected chi connectivity index (χ2v) is 6.12. The highest BCUT2D eigenvalue weighted by atomic mass is 35.5. The van der Waals surface area contributed by atoms with Crippen molar-refractivity contribution in [1.82, 2.24) is 10.2 Å².